The highest BCUT2D eigenvalue weighted by Gasteiger charge is 2.31. The normalized spacial score (nSPS) is 18.1. The number of hydrogen-bond donors (Lipinski definition) is 1. The minimum atomic E-state index is -0.0322. The van der Waals surface area contributed by atoms with Crippen molar-refractivity contribution in [1.82, 2.24) is 9.88 Å². The van der Waals surface area contributed by atoms with Gasteiger partial charge in [-0.15, -0.1) is 11.3 Å². The van der Waals surface area contributed by atoms with E-state index in [1.807, 2.05) is 30.0 Å². The van der Waals surface area contributed by atoms with Crippen molar-refractivity contribution in [2.24, 2.45) is 5.41 Å². The molecule has 0 aliphatic carbocycles. The zero-order chi connectivity index (χ0) is 15.0. The molecule has 2 heterocycles. The highest BCUT2D eigenvalue weighted by atomic mass is 32.1. The molecule has 1 aliphatic heterocycles. The molecule has 0 radical (unpaired) electrons. The predicted molar refractivity (Wildman–Crippen MR) is 84.7 cm³/mol. The van der Waals surface area contributed by atoms with Crippen LogP contribution in [-0.4, -0.2) is 40.6 Å². The summed E-state index contributed by atoms with van der Waals surface area (Å²) in [5.41, 5.74) is 1.66. The van der Waals surface area contributed by atoms with Gasteiger partial charge >= 0.3 is 0 Å². The summed E-state index contributed by atoms with van der Waals surface area (Å²) in [4.78, 5) is 18.9. The molecule has 1 aromatic heterocycles. The molecule has 0 bridgehead atoms. The highest BCUT2D eigenvalue weighted by molar-refractivity contribution is 7.18. The Morgan fingerprint density at radius 1 is 1.43 bits per heavy atom. The van der Waals surface area contributed by atoms with Gasteiger partial charge in [-0.25, -0.2) is 4.98 Å². The summed E-state index contributed by atoms with van der Waals surface area (Å²) < 4.78 is 1.07. The summed E-state index contributed by atoms with van der Waals surface area (Å²) in [5.74, 6) is 0.0861. The van der Waals surface area contributed by atoms with Crippen LogP contribution in [0, 0.1) is 12.3 Å². The molecule has 5 heteroatoms. The minimum absolute atomic E-state index is 0.0322. The number of hydrogen-bond acceptors (Lipinski definition) is 4. The largest absolute Gasteiger partial charge is 0.396 e. The first kappa shape index (κ1) is 14.5. The number of amides is 1. The van der Waals surface area contributed by atoms with Gasteiger partial charge in [-0.3, -0.25) is 4.79 Å². The fraction of sp³-hybridized carbons (Fsp3) is 0.500. The second-order valence-electron chi connectivity index (χ2n) is 6.18. The number of rotatable bonds is 2. The third-order valence-electron chi connectivity index (χ3n) is 4.38. The summed E-state index contributed by atoms with van der Waals surface area (Å²) >= 11 is 1.62. The monoisotopic (exact) mass is 304 g/mol. The molecule has 1 aromatic carbocycles. The minimum Gasteiger partial charge on any atom is -0.396 e. The molecule has 0 saturated carbocycles. The number of carbonyl (C=O) groups excluding carboxylic acids is 1. The van der Waals surface area contributed by atoms with E-state index in [-0.39, 0.29) is 17.9 Å². The zero-order valence-corrected chi connectivity index (χ0v) is 13.2. The van der Waals surface area contributed by atoms with Crippen molar-refractivity contribution in [2.45, 2.75) is 26.7 Å². The van der Waals surface area contributed by atoms with Crippen molar-refractivity contribution in [3.63, 3.8) is 0 Å². The molecule has 112 valence electrons. The van der Waals surface area contributed by atoms with Gasteiger partial charge in [-0.1, -0.05) is 6.92 Å². The van der Waals surface area contributed by atoms with Crippen LogP contribution in [0.15, 0.2) is 18.2 Å². The Morgan fingerprint density at radius 2 is 2.14 bits per heavy atom. The summed E-state index contributed by atoms with van der Waals surface area (Å²) in [6.45, 7) is 5.69. The topological polar surface area (TPSA) is 53.4 Å². The molecular formula is C16H20N2O2S. The number of thiazole rings is 1. The Morgan fingerprint density at radius 3 is 2.81 bits per heavy atom. The first-order valence-electron chi connectivity index (χ1n) is 7.28. The van der Waals surface area contributed by atoms with Crippen LogP contribution >= 0.6 is 11.3 Å². The van der Waals surface area contributed by atoms with Crippen molar-refractivity contribution in [1.29, 1.82) is 0 Å². The van der Waals surface area contributed by atoms with Crippen molar-refractivity contribution >= 4 is 27.5 Å². The van der Waals surface area contributed by atoms with Crippen LogP contribution in [0.3, 0.4) is 0 Å². The number of fused-ring (bicyclic) bond motifs is 1. The van der Waals surface area contributed by atoms with E-state index in [4.69, 9.17) is 0 Å². The van der Waals surface area contributed by atoms with E-state index in [0.29, 0.717) is 0 Å². The van der Waals surface area contributed by atoms with Crippen LogP contribution < -0.4 is 0 Å². The number of benzene rings is 1. The third kappa shape index (κ3) is 2.80. The molecule has 21 heavy (non-hydrogen) atoms. The van der Waals surface area contributed by atoms with Crippen LogP contribution in [-0.2, 0) is 0 Å². The van der Waals surface area contributed by atoms with Crippen molar-refractivity contribution in [2.75, 3.05) is 19.7 Å². The first-order valence-corrected chi connectivity index (χ1v) is 8.10. The summed E-state index contributed by atoms with van der Waals surface area (Å²) in [5, 5.41) is 10.4. The summed E-state index contributed by atoms with van der Waals surface area (Å²) in [7, 11) is 0. The van der Waals surface area contributed by atoms with E-state index in [9.17, 15) is 9.90 Å². The maximum Gasteiger partial charge on any atom is 0.253 e. The van der Waals surface area contributed by atoms with Crippen molar-refractivity contribution < 1.29 is 9.90 Å². The van der Waals surface area contributed by atoms with Crippen LogP contribution in [0.2, 0.25) is 0 Å². The van der Waals surface area contributed by atoms with Gasteiger partial charge in [0.1, 0.15) is 0 Å². The average molecular weight is 304 g/mol. The van der Waals surface area contributed by atoms with Gasteiger partial charge in [-0.05, 0) is 43.4 Å². The Hall–Kier alpha value is -1.46. The van der Waals surface area contributed by atoms with E-state index in [1.54, 1.807) is 11.3 Å². The molecule has 0 spiro atoms. The van der Waals surface area contributed by atoms with E-state index < -0.39 is 0 Å². The van der Waals surface area contributed by atoms with Gasteiger partial charge in [0.15, 0.2) is 0 Å². The smallest absolute Gasteiger partial charge is 0.253 e. The van der Waals surface area contributed by atoms with Gasteiger partial charge < -0.3 is 10.0 Å². The van der Waals surface area contributed by atoms with Crippen molar-refractivity contribution in [3.05, 3.63) is 28.8 Å². The second kappa shape index (κ2) is 5.39. The number of aryl methyl sites for hydroxylation is 1. The molecule has 1 fully saturated rings. The molecule has 2 aromatic rings. The molecule has 3 rings (SSSR count). The number of nitrogens with zero attached hydrogens (tertiary/aromatic N) is 2. The predicted octanol–water partition coefficient (Wildman–Crippen LogP) is 2.84. The van der Waals surface area contributed by atoms with Gasteiger partial charge in [0.2, 0.25) is 0 Å². The van der Waals surface area contributed by atoms with E-state index in [2.05, 4.69) is 11.9 Å². The lowest BCUT2D eigenvalue weighted by Crippen LogP contribution is -2.43. The lowest BCUT2D eigenvalue weighted by molar-refractivity contribution is 0.0440. The molecule has 0 unspecified atom stereocenters. The highest BCUT2D eigenvalue weighted by Crippen LogP contribution is 2.31. The Labute approximate surface area is 128 Å². The molecule has 1 amide bonds. The lowest BCUT2D eigenvalue weighted by atomic mass is 9.81. The number of likely N-dealkylation sites (tertiary alicyclic amines) is 1. The van der Waals surface area contributed by atoms with E-state index in [1.165, 1.54) is 0 Å². The van der Waals surface area contributed by atoms with Gasteiger partial charge in [0, 0.05) is 25.3 Å². The zero-order valence-electron chi connectivity index (χ0n) is 12.4. The second-order valence-corrected chi connectivity index (χ2v) is 7.41. The van der Waals surface area contributed by atoms with Gasteiger partial charge in [-0.2, -0.15) is 0 Å². The third-order valence-corrected chi connectivity index (χ3v) is 5.32. The number of piperidine rings is 1. The summed E-state index contributed by atoms with van der Waals surface area (Å²) in [6.07, 6.45) is 1.72. The van der Waals surface area contributed by atoms with Crippen LogP contribution in [0.1, 0.15) is 35.1 Å². The fourth-order valence-corrected chi connectivity index (χ4v) is 3.63. The Balaban J connectivity index is 1.78. The molecule has 1 aliphatic rings. The first-order chi connectivity index (χ1) is 10.0. The molecule has 4 nitrogen and oxygen atoms in total. The van der Waals surface area contributed by atoms with Crippen LogP contribution in [0.25, 0.3) is 10.2 Å². The molecular weight excluding hydrogens is 284 g/mol. The Bertz CT molecular complexity index is 672. The fourth-order valence-electron chi connectivity index (χ4n) is 2.76. The van der Waals surface area contributed by atoms with Crippen LogP contribution in [0.4, 0.5) is 0 Å². The number of aliphatic hydroxyl groups excluding tert-OH is 1. The SMILES string of the molecule is Cc1nc2ccc(C(=O)N3CCC(C)(CO)CC3)cc2s1. The average Bonchev–Trinajstić information content (AvgIpc) is 2.86. The molecule has 0 atom stereocenters. The molecule has 1 saturated heterocycles. The number of carbonyl (C=O) groups is 1. The quantitative estimate of drug-likeness (QED) is 0.928. The Kier molecular flexibility index (Phi) is 3.71. The summed E-state index contributed by atoms with van der Waals surface area (Å²) in [6, 6.07) is 5.74. The van der Waals surface area contributed by atoms with Crippen molar-refractivity contribution in [3.8, 4) is 0 Å². The molecule has 1 N–H and O–H groups in total. The number of aliphatic hydroxyl groups is 1. The van der Waals surface area contributed by atoms with E-state index in [0.717, 1.165) is 46.7 Å². The lowest BCUT2D eigenvalue weighted by Gasteiger charge is -2.38. The van der Waals surface area contributed by atoms with Gasteiger partial charge in [0.05, 0.1) is 15.2 Å². The van der Waals surface area contributed by atoms with Crippen LogP contribution in [0.5, 0.6) is 0 Å². The van der Waals surface area contributed by atoms with Gasteiger partial charge in [0.25, 0.3) is 5.91 Å². The van der Waals surface area contributed by atoms with E-state index >= 15 is 0 Å². The maximum atomic E-state index is 12.6. The number of aromatic nitrogens is 1. The standard InChI is InChI=1S/C16H20N2O2S/c1-11-17-13-4-3-12(9-14(13)21-11)15(20)18-7-5-16(2,10-19)6-8-18/h3-4,9,19H,5-8,10H2,1-2H3. The maximum absolute atomic E-state index is 12.6.